The summed E-state index contributed by atoms with van der Waals surface area (Å²) < 4.78 is 19.7. The first-order chi connectivity index (χ1) is 9.56. The Balaban J connectivity index is 2.05. The van der Waals surface area contributed by atoms with Crippen LogP contribution in [0.25, 0.3) is 11.0 Å². The van der Waals surface area contributed by atoms with Crippen LogP contribution >= 0.6 is 27.5 Å². The minimum absolute atomic E-state index is 0.355. The van der Waals surface area contributed by atoms with Crippen molar-refractivity contribution in [3.8, 4) is 0 Å². The maximum atomic E-state index is 13.6. The van der Waals surface area contributed by atoms with Gasteiger partial charge in [0.15, 0.2) is 5.58 Å². The molecule has 102 valence electrons. The molecule has 2 N–H and O–H groups in total. The highest BCUT2D eigenvalue weighted by atomic mass is 79.9. The van der Waals surface area contributed by atoms with Crippen LogP contribution in [0.3, 0.4) is 0 Å². The summed E-state index contributed by atoms with van der Waals surface area (Å²) in [6.07, 6.45) is 0. The summed E-state index contributed by atoms with van der Waals surface area (Å²) in [4.78, 5) is 0. The van der Waals surface area contributed by atoms with Crippen LogP contribution in [0.1, 0.15) is 17.4 Å². The first-order valence-corrected chi connectivity index (χ1v) is 7.12. The number of halogens is 3. The second-order valence-corrected chi connectivity index (χ2v) is 5.72. The molecule has 1 heterocycles. The van der Waals surface area contributed by atoms with Gasteiger partial charge in [0.1, 0.15) is 11.6 Å². The van der Waals surface area contributed by atoms with Crippen LogP contribution in [0.4, 0.5) is 4.39 Å². The zero-order chi connectivity index (χ0) is 14.3. The highest BCUT2D eigenvalue weighted by Crippen LogP contribution is 2.31. The van der Waals surface area contributed by atoms with E-state index in [1.807, 2.05) is 18.2 Å². The number of benzene rings is 2. The number of hydrogen-bond acceptors (Lipinski definition) is 2. The zero-order valence-electron chi connectivity index (χ0n) is 10.2. The average molecular weight is 355 g/mol. The average Bonchev–Trinajstić information content (AvgIpc) is 2.86. The Labute approximate surface area is 128 Å². The molecule has 1 atom stereocenters. The van der Waals surface area contributed by atoms with Gasteiger partial charge in [-0.1, -0.05) is 29.8 Å². The number of fused-ring (bicyclic) bond motifs is 1. The van der Waals surface area contributed by atoms with Crippen molar-refractivity contribution in [2.45, 2.75) is 6.04 Å². The summed E-state index contributed by atoms with van der Waals surface area (Å²) in [6, 6.07) is 11.5. The van der Waals surface area contributed by atoms with Gasteiger partial charge in [0.05, 0.1) is 15.5 Å². The summed E-state index contributed by atoms with van der Waals surface area (Å²) in [6.45, 7) is 0. The van der Waals surface area contributed by atoms with Gasteiger partial charge in [-0.3, -0.25) is 0 Å². The molecule has 0 aliphatic carbocycles. The molecule has 5 heteroatoms. The first-order valence-electron chi connectivity index (χ1n) is 5.95. The van der Waals surface area contributed by atoms with Crippen LogP contribution in [0.5, 0.6) is 0 Å². The van der Waals surface area contributed by atoms with E-state index in [0.29, 0.717) is 26.4 Å². The lowest BCUT2D eigenvalue weighted by molar-refractivity contribution is 0.523. The molecule has 3 rings (SSSR count). The van der Waals surface area contributed by atoms with Gasteiger partial charge < -0.3 is 10.2 Å². The monoisotopic (exact) mass is 353 g/mol. The van der Waals surface area contributed by atoms with Crippen molar-refractivity contribution in [2.75, 3.05) is 0 Å². The van der Waals surface area contributed by atoms with Gasteiger partial charge in [0.2, 0.25) is 0 Å². The van der Waals surface area contributed by atoms with Gasteiger partial charge in [0, 0.05) is 5.39 Å². The van der Waals surface area contributed by atoms with Crippen molar-refractivity contribution >= 4 is 38.5 Å². The minimum atomic E-state index is -0.541. The third-order valence-electron chi connectivity index (χ3n) is 3.12. The molecule has 0 radical (unpaired) electrons. The van der Waals surface area contributed by atoms with E-state index in [4.69, 9.17) is 21.8 Å². The molecule has 0 saturated carbocycles. The normalized spacial score (nSPS) is 12.8. The van der Waals surface area contributed by atoms with Gasteiger partial charge >= 0.3 is 0 Å². The predicted octanol–water partition coefficient (Wildman–Crippen LogP) is 5.04. The van der Waals surface area contributed by atoms with E-state index in [2.05, 4.69) is 15.9 Å². The Morgan fingerprint density at radius 1 is 1.20 bits per heavy atom. The lowest BCUT2D eigenvalue weighted by atomic mass is 10.1. The van der Waals surface area contributed by atoms with Crippen LogP contribution in [0.2, 0.25) is 5.02 Å². The van der Waals surface area contributed by atoms with Crippen molar-refractivity contribution in [2.24, 2.45) is 5.73 Å². The number of para-hydroxylation sites is 1. The molecule has 2 nitrogen and oxygen atoms in total. The number of nitrogens with two attached hydrogens (primary N) is 1. The molecule has 1 aromatic heterocycles. The highest BCUT2D eigenvalue weighted by Gasteiger charge is 2.16. The first kappa shape index (κ1) is 13.6. The summed E-state index contributed by atoms with van der Waals surface area (Å²) >= 11 is 9.18. The Morgan fingerprint density at radius 2 is 2.00 bits per heavy atom. The Hall–Kier alpha value is -1.36. The largest absolute Gasteiger partial charge is 0.457 e. The van der Waals surface area contributed by atoms with Crippen molar-refractivity contribution < 1.29 is 8.81 Å². The maximum Gasteiger partial charge on any atom is 0.152 e. The second-order valence-electron chi connectivity index (χ2n) is 4.46. The number of hydrogen-bond donors (Lipinski definition) is 1. The number of rotatable bonds is 2. The quantitative estimate of drug-likeness (QED) is 0.700. The Bertz CT molecular complexity index is 787. The fourth-order valence-corrected chi connectivity index (χ4v) is 2.54. The molecule has 3 aromatic rings. The van der Waals surface area contributed by atoms with E-state index in [9.17, 15) is 4.39 Å². The molecule has 0 fully saturated rings. The van der Waals surface area contributed by atoms with Crippen LogP contribution in [-0.2, 0) is 0 Å². The van der Waals surface area contributed by atoms with Crippen LogP contribution in [0, 0.1) is 5.82 Å². The van der Waals surface area contributed by atoms with E-state index in [1.54, 1.807) is 18.2 Å². The van der Waals surface area contributed by atoms with Crippen LogP contribution in [-0.4, -0.2) is 0 Å². The molecule has 2 aromatic carbocycles. The second kappa shape index (κ2) is 5.20. The van der Waals surface area contributed by atoms with E-state index in [-0.39, 0.29) is 5.82 Å². The van der Waals surface area contributed by atoms with E-state index < -0.39 is 6.04 Å². The van der Waals surface area contributed by atoms with Gasteiger partial charge in [-0.25, -0.2) is 4.39 Å². The topological polar surface area (TPSA) is 39.2 Å². The molecule has 0 bridgehead atoms. The summed E-state index contributed by atoms with van der Waals surface area (Å²) in [5.41, 5.74) is 7.36. The number of furan rings is 1. The molecule has 0 saturated heterocycles. The molecular weight excluding hydrogens is 345 g/mol. The van der Waals surface area contributed by atoms with Crippen LogP contribution < -0.4 is 5.73 Å². The van der Waals surface area contributed by atoms with E-state index in [1.165, 1.54) is 6.07 Å². The van der Waals surface area contributed by atoms with Gasteiger partial charge in [-0.05, 0) is 45.8 Å². The fraction of sp³-hybridized carbons (Fsp3) is 0.0667. The van der Waals surface area contributed by atoms with Crippen LogP contribution in [0.15, 0.2) is 51.4 Å². The lowest BCUT2D eigenvalue weighted by Crippen LogP contribution is -2.11. The molecule has 0 aliphatic heterocycles. The standard InChI is InChI=1S/C15H10BrClFNO/c16-10-5-4-8(6-12(10)18)14(19)13-7-9-2-1-3-11(17)15(9)20-13/h1-7,14H,19H2. The third-order valence-corrected chi connectivity index (χ3v) is 4.07. The van der Waals surface area contributed by atoms with E-state index in [0.717, 1.165) is 5.39 Å². The predicted molar refractivity (Wildman–Crippen MR) is 81.4 cm³/mol. The van der Waals surface area contributed by atoms with Gasteiger partial charge in [-0.2, -0.15) is 0 Å². The summed E-state index contributed by atoms with van der Waals surface area (Å²) in [7, 11) is 0. The Morgan fingerprint density at radius 3 is 2.70 bits per heavy atom. The fourth-order valence-electron chi connectivity index (χ4n) is 2.07. The Kier molecular flexibility index (Phi) is 3.54. The smallest absolute Gasteiger partial charge is 0.152 e. The van der Waals surface area contributed by atoms with Crippen molar-refractivity contribution in [1.82, 2.24) is 0 Å². The summed E-state index contributed by atoms with van der Waals surface area (Å²) in [5, 5.41) is 1.41. The molecule has 0 aliphatic rings. The maximum absolute atomic E-state index is 13.6. The SMILES string of the molecule is NC(c1ccc(Br)c(F)c1)c1cc2cccc(Cl)c2o1. The molecule has 0 amide bonds. The van der Waals surface area contributed by atoms with E-state index >= 15 is 0 Å². The third kappa shape index (κ3) is 2.35. The lowest BCUT2D eigenvalue weighted by Gasteiger charge is -2.09. The van der Waals surface area contributed by atoms with Gasteiger partial charge in [-0.15, -0.1) is 0 Å². The van der Waals surface area contributed by atoms with Gasteiger partial charge in [0.25, 0.3) is 0 Å². The molecule has 20 heavy (non-hydrogen) atoms. The highest BCUT2D eigenvalue weighted by molar-refractivity contribution is 9.10. The summed E-state index contributed by atoms with van der Waals surface area (Å²) in [5.74, 6) is 0.196. The van der Waals surface area contributed by atoms with Crippen molar-refractivity contribution in [1.29, 1.82) is 0 Å². The zero-order valence-corrected chi connectivity index (χ0v) is 12.6. The molecule has 0 spiro atoms. The van der Waals surface area contributed by atoms with Crippen molar-refractivity contribution in [3.63, 3.8) is 0 Å². The minimum Gasteiger partial charge on any atom is -0.457 e. The molecular formula is C15H10BrClFNO. The van der Waals surface area contributed by atoms with Crippen molar-refractivity contribution in [3.05, 3.63) is 69.1 Å². The molecule has 1 unspecified atom stereocenters.